The van der Waals surface area contributed by atoms with Gasteiger partial charge in [0.25, 0.3) is 0 Å². The molecule has 0 bridgehead atoms. The maximum atomic E-state index is 13.1. The number of hydrogen-bond acceptors (Lipinski definition) is 5. The Kier molecular flexibility index (Phi) is 5.93. The Morgan fingerprint density at radius 2 is 1.94 bits per heavy atom. The Labute approximate surface area is 181 Å². The third-order valence-electron chi connectivity index (χ3n) is 5.30. The third-order valence-corrected chi connectivity index (χ3v) is 5.30. The minimum absolute atomic E-state index is 0.102. The monoisotopic (exact) mass is 419 g/mol. The fourth-order valence-corrected chi connectivity index (χ4v) is 3.58. The molecule has 0 saturated carbocycles. The van der Waals surface area contributed by atoms with Gasteiger partial charge in [0.15, 0.2) is 11.5 Å². The molecule has 1 atom stereocenters. The van der Waals surface area contributed by atoms with Crippen molar-refractivity contribution in [3.05, 3.63) is 66.5 Å². The van der Waals surface area contributed by atoms with Crippen LogP contribution in [0.5, 0.6) is 17.2 Å². The van der Waals surface area contributed by atoms with Crippen molar-refractivity contribution >= 4 is 11.7 Å². The molecule has 4 rings (SSSR count). The molecule has 3 aromatic rings. The zero-order valence-electron chi connectivity index (χ0n) is 17.8. The van der Waals surface area contributed by atoms with E-state index < -0.39 is 0 Å². The van der Waals surface area contributed by atoms with Gasteiger partial charge >= 0.3 is 6.03 Å². The first-order valence-electron chi connectivity index (χ1n) is 10.0. The molecule has 2 aromatic carbocycles. The topological polar surface area (TPSA) is 72.9 Å². The minimum Gasteiger partial charge on any atom is -0.493 e. The minimum atomic E-state index is -0.206. The predicted octanol–water partition coefficient (Wildman–Crippen LogP) is 4.58. The number of fused-ring (bicyclic) bond motifs is 1. The number of amides is 2. The second-order valence-electron chi connectivity index (χ2n) is 7.35. The summed E-state index contributed by atoms with van der Waals surface area (Å²) in [6.07, 6.45) is 3.57. The van der Waals surface area contributed by atoms with Gasteiger partial charge in [-0.15, -0.1) is 0 Å². The molecule has 1 aromatic heterocycles. The molecule has 2 amide bonds. The Balaban J connectivity index is 1.57. The Bertz CT molecular complexity index is 1070. The van der Waals surface area contributed by atoms with E-state index >= 15 is 0 Å². The van der Waals surface area contributed by atoms with Crippen LogP contribution >= 0.6 is 0 Å². The molecule has 7 heteroatoms. The van der Waals surface area contributed by atoms with Crippen LogP contribution in [0.3, 0.4) is 0 Å². The van der Waals surface area contributed by atoms with Crippen molar-refractivity contribution in [3.63, 3.8) is 0 Å². The van der Waals surface area contributed by atoms with Gasteiger partial charge in [-0.2, -0.15) is 0 Å². The standard InChI is InChI=1S/C24H25N3O4/c1-16-15-31-21-8-6-17(18-5-4-10-25-13-18)11-19(21)14-27(16)24(28)26-20-7-9-22(29-2)23(12-20)30-3/h4-13,16H,14-15H2,1-3H3,(H,26,28)/t16-/m0/s1. The number of carbonyl (C=O) groups is 1. The summed E-state index contributed by atoms with van der Waals surface area (Å²) in [5.74, 6) is 1.95. The second-order valence-corrected chi connectivity index (χ2v) is 7.35. The van der Waals surface area contributed by atoms with Crippen LogP contribution in [0.1, 0.15) is 12.5 Å². The van der Waals surface area contributed by atoms with Crippen LogP contribution in [-0.2, 0) is 6.54 Å². The van der Waals surface area contributed by atoms with Gasteiger partial charge in [-0.25, -0.2) is 4.79 Å². The van der Waals surface area contributed by atoms with Crippen molar-refractivity contribution in [3.8, 4) is 28.4 Å². The quantitative estimate of drug-likeness (QED) is 0.670. The van der Waals surface area contributed by atoms with Gasteiger partial charge in [-0.05, 0) is 42.8 Å². The molecule has 0 spiro atoms. The van der Waals surface area contributed by atoms with Crippen LogP contribution in [0.2, 0.25) is 0 Å². The van der Waals surface area contributed by atoms with Crippen molar-refractivity contribution in [2.45, 2.75) is 19.5 Å². The molecule has 7 nitrogen and oxygen atoms in total. The van der Waals surface area contributed by atoms with E-state index in [1.807, 2.05) is 37.4 Å². The highest BCUT2D eigenvalue weighted by Gasteiger charge is 2.26. The van der Waals surface area contributed by atoms with Gasteiger partial charge in [0.2, 0.25) is 0 Å². The number of nitrogens with one attached hydrogen (secondary N) is 1. The van der Waals surface area contributed by atoms with E-state index in [1.165, 1.54) is 0 Å². The molecule has 1 aliphatic rings. The molecule has 0 aliphatic carbocycles. The number of nitrogens with zero attached hydrogens (tertiary/aromatic N) is 2. The highest BCUT2D eigenvalue weighted by atomic mass is 16.5. The van der Waals surface area contributed by atoms with Crippen LogP contribution in [0.4, 0.5) is 10.5 Å². The van der Waals surface area contributed by atoms with Crippen LogP contribution in [0.25, 0.3) is 11.1 Å². The first-order valence-corrected chi connectivity index (χ1v) is 10.0. The predicted molar refractivity (Wildman–Crippen MR) is 119 cm³/mol. The zero-order valence-corrected chi connectivity index (χ0v) is 17.8. The summed E-state index contributed by atoms with van der Waals surface area (Å²) >= 11 is 0. The van der Waals surface area contributed by atoms with Gasteiger partial charge in [0.05, 0.1) is 26.8 Å². The molecule has 0 saturated heterocycles. The number of hydrogen-bond donors (Lipinski definition) is 1. The summed E-state index contributed by atoms with van der Waals surface area (Å²) in [6, 6.07) is 14.9. The summed E-state index contributed by atoms with van der Waals surface area (Å²) in [4.78, 5) is 19.1. The lowest BCUT2D eigenvalue weighted by Crippen LogP contribution is -2.42. The molecule has 1 N–H and O–H groups in total. The molecular formula is C24H25N3O4. The highest BCUT2D eigenvalue weighted by molar-refractivity contribution is 5.90. The number of benzene rings is 2. The largest absolute Gasteiger partial charge is 0.493 e. The van der Waals surface area contributed by atoms with Gasteiger partial charge < -0.3 is 24.4 Å². The van der Waals surface area contributed by atoms with Crippen molar-refractivity contribution in [2.75, 3.05) is 26.1 Å². The molecule has 0 unspecified atom stereocenters. The van der Waals surface area contributed by atoms with E-state index in [0.29, 0.717) is 30.3 Å². The first kappa shape index (κ1) is 20.5. The molecule has 2 heterocycles. The average Bonchev–Trinajstić information content (AvgIpc) is 2.98. The van der Waals surface area contributed by atoms with E-state index in [1.54, 1.807) is 43.5 Å². The number of rotatable bonds is 4. The number of carbonyl (C=O) groups excluding carboxylic acids is 1. The lowest BCUT2D eigenvalue weighted by Gasteiger charge is -2.26. The Morgan fingerprint density at radius 1 is 1.10 bits per heavy atom. The number of urea groups is 1. The molecule has 0 radical (unpaired) electrons. The molecule has 160 valence electrons. The van der Waals surface area contributed by atoms with Crippen LogP contribution in [-0.4, -0.2) is 42.8 Å². The lowest BCUT2D eigenvalue weighted by atomic mass is 10.0. The van der Waals surface area contributed by atoms with Crippen LogP contribution < -0.4 is 19.5 Å². The number of aromatic nitrogens is 1. The zero-order chi connectivity index (χ0) is 21.8. The molecule has 0 fully saturated rings. The Morgan fingerprint density at radius 3 is 2.68 bits per heavy atom. The van der Waals surface area contributed by atoms with Gasteiger partial charge in [0.1, 0.15) is 12.4 Å². The summed E-state index contributed by atoms with van der Waals surface area (Å²) < 4.78 is 16.6. The molecule has 1 aliphatic heterocycles. The fraction of sp³-hybridized carbons (Fsp3) is 0.250. The number of methoxy groups -OCH3 is 2. The lowest BCUT2D eigenvalue weighted by molar-refractivity contribution is 0.168. The normalized spacial score (nSPS) is 15.3. The Hall–Kier alpha value is -3.74. The number of ether oxygens (including phenoxy) is 3. The molecular weight excluding hydrogens is 394 g/mol. The second kappa shape index (κ2) is 8.95. The summed E-state index contributed by atoms with van der Waals surface area (Å²) in [7, 11) is 3.14. The molecule has 31 heavy (non-hydrogen) atoms. The van der Waals surface area contributed by atoms with Gasteiger partial charge in [0, 0.05) is 35.3 Å². The smallest absolute Gasteiger partial charge is 0.322 e. The SMILES string of the molecule is COc1ccc(NC(=O)N2Cc3cc(-c4cccnc4)ccc3OC[C@@H]2C)cc1OC. The van der Waals surface area contributed by atoms with Crippen molar-refractivity contribution in [2.24, 2.45) is 0 Å². The van der Waals surface area contributed by atoms with Crippen molar-refractivity contribution < 1.29 is 19.0 Å². The van der Waals surface area contributed by atoms with Crippen molar-refractivity contribution in [1.29, 1.82) is 0 Å². The van der Waals surface area contributed by atoms with Gasteiger partial charge in [-0.3, -0.25) is 4.98 Å². The number of pyridine rings is 1. The summed E-state index contributed by atoms with van der Waals surface area (Å²) in [5, 5.41) is 2.96. The van der Waals surface area contributed by atoms with E-state index in [-0.39, 0.29) is 12.1 Å². The average molecular weight is 419 g/mol. The maximum Gasteiger partial charge on any atom is 0.322 e. The van der Waals surface area contributed by atoms with Crippen LogP contribution in [0.15, 0.2) is 60.9 Å². The fourth-order valence-electron chi connectivity index (χ4n) is 3.58. The number of anilines is 1. The van der Waals surface area contributed by atoms with Crippen molar-refractivity contribution in [1.82, 2.24) is 9.88 Å². The summed E-state index contributed by atoms with van der Waals surface area (Å²) in [6.45, 7) is 2.82. The van der Waals surface area contributed by atoms with Gasteiger partial charge in [-0.1, -0.05) is 12.1 Å². The summed E-state index contributed by atoms with van der Waals surface area (Å²) in [5.41, 5.74) is 3.63. The van der Waals surface area contributed by atoms with E-state index in [2.05, 4.69) is 16.4 Å². The first-order chi connectivity index (χ1) is 15.1. The van der Waals surface area contributed by atoms with E-state index in [9.17, 15) is 4.79 Å². The van der Waals surface area contributed by atoms with E-state index in [0.717, 1.165) is 22.4 Å². The maximum absolute atomic E-state index is 13.1. The van der Waals surface area contributed by atoms with E-state index in [4.69, 9.17) is 14.2 Å². The third kappa shape index (κ3) is 4.40. The highest BCUT2D eigenvalue weighted by Crippen LogP contribution is 2.32. The van der Waals surface area contributed by atoms with Crippen LogP contribution in [0, 0.1) is 0 Å².